The number of aliphatic hydroxyl groups excluding tert-OH is 3. The molecule has 0 aromatic heterocycles. The van der Waals surface area contributed by atoms with Crippen LogP contribution in [0.1, 0.15) is 83.3 Å². The third kappa shape index (κ3) is 15.3. The third-order valence-electron chi connectivity index (χ3n) is 11.3. The van der Waals surface area contributed by atoms with Crippen LogP contribution in [0.15, 0.2) is 134 Å². The van der Waals surface area contributed by atoms with Gasteiger partial charge in [-0.05, 0) is 37.0 Å². The maximum absolute atomic E-state index is 13.9. The second-order valence-electron chi connectivity index (χ2n) is 16.3. The van der Waals surface area contributed by atoms with Crippen molar-refractivity contribution in [2.45, 2.75) is 104 Å². The lowest BCUT2D eigenvalue weighted by Crippen LogP contribution is -2.43. The summed E-state index contributed by atoms with van der Waals surface area (Å²) in [7, 11) is 1.54. The number of allylic oxidation sites excluding steroid dienone is 5. The number of hydrogen-bond acceptors (Lipinski definition) is 9. The number of benzene rings is 2. The van der Waals surface area contributed by atoms with Gasteiger partial charge in [0, 0.05) is 54.8 Å². The zero-order valence-corrected chi connectivity index (χ0v) is 36.5. The Morgan fingerprint density at radius 2 is 1.55 bits per heavy atom. The highest BCUT2D eigenvalue weighted by molar-refractivity contribution is 5.95. The van der Waals surface area contributed by atoms with E-state index < -0.39 is 72.3 Å². The zero-order chi connectivity index (χ0) is 44.4. The van der Waals surface area contributed by atoms with Crippen molar-refractivity contribution in [2.24, 2.45) is 35.5 Å². The molecule has 1 aliphatic heterocycles. The number of carbonyl (C=O) groups excluding carboxylic acids is 3. The molecule has 1 heterocycles. The number of ether oxygens (including phenoxy) is 3. The van der Waals surface area contributed by atoms with Crippen LogP contribution in [0.4, 0.5) is 0 Å². The summed E-state index contributed by atoms with van der Waals surface area (Å²) in [6.07, 6.45) is 12.8. The van der Waals surface area contributed by atoms with Gasteiger partial charge in [-0.1, -0.05) is 157 Å². The Morgan fingerprint density at radius 1 is 0.900 bits per heavy atom. The van der Waals surface area contributed by atoms with Crippen LogP contribution in [0, 0.1) is 35.5 Å². The molecule has 0 saturated heterocycles. The quantitative estimate of drug-likeness (QED) is 0.106. The van der Waals surface area contributed by atoms with Crippen molar-refractivity contribution in [1.82, 2.24) is 5.32 Å². The van der Waals surface area contributed by atoms with Crippen LogP contribution in [0.5, 0.6) is 0 Å². The van der Waals surface area contributed by atoms with Gasteiger partial charge in [0.2, 0.25) is 0 Å². The van der Waals surface area contributed by atoms with Gasteiger partial charge in [0.1, 0.15) is 12.2 Å². The highest BCUT2D eigenvalue weighted by Gasteiger charge is 2.35. The average Bonchev–Trinajstić information content (AvgIpc) is 3.24. The lowest BCUT2D eigenvalue weighted by Gasteiger charge is -2.33. The van der Waals surface area contributed by atoms with Gasteiger partial charge in [0.05, 0.1) is 24.4 Å². The Bertz CT molecular complexity index is 1800. The summed E-state index contributed by atoms with van der Waals surface area (Å²) >= 11 is 0. The number of esters is 2. The first-order chi connectivity index (χ1) is 28.6. The number of hydrogen-bond donors (Lipinski definition) is 4. The summed E-state index contributed by atoms with van der Waals surface area (Å²) in [5.41, 5.74) is 1.89. The second-order valence-corrected chi connectivity index (χ2v) is 16.3. The predicted octanol–water partition coefficient (Wildman–Crippen LogP) is 8.05. The topological polar surface area (TPSA) is 152 Å². The van der Waals surface area contributed by atoms with Gasteiger partial charge in [-0.25, -0.2) is 9.59 Å². The smallest absolute Gasteiger partial charge is 0.337 e. The fourth-order valence-electron chi connectivity index (χ4n) is 7.60. The maximum atomic E-state index is 13.9. The van der Waals surface area contributed by atoms with E-state index in [9.17, 15) is 29.7 Å². The van der Waals surface area contributed by atoms with Crippen LogP contribution in [0.25, 0.3) is 0 Å². The van der Waals surface area contributed by atoms with E-state index in [-0.39, 0.29) is 30.1 Å². The first-order valence-electron chi connectivity index (χ1n) is 21.0. The van der Waals surface area contributed by atoms with E-state index in [1.54, 1.807) is 98.2 Å². The highest BCUT2D eigenvalue weighted by atomic mass is 16.6. The number of methoxy groups -OCH3 is 1. The number of aliphatic hydroxyl groups is 3. The van der Waals surface area contributed by atoms with Crippen LogP contribution in [-0.2, 0) is 23.8 Å². The molecule has 10 heteroatoms. The first kappa shape index (κ1) is 49.5. The molecule has 0 unspecified atom stereocenters. The Balaban J connectivity index is 1.99. The minimum atomic E-state index is -1.77. The number of cyclic esters (lactones) is 1. The van der Waals surface area contributed by atoms with Gasteiger partial charge >= 0.3 is 11.9 Å². The average molecular weight is 826 g/mol. The third-order valence-corrected chi connectivity index (χ3v) is 11.3. The summed E-state index contributed by atoms with van der Waals surface area (Å²) in [6, 6.07) is 16.1. The van der Waals surface area contributed by atoms with E-state index in [1.165, 1.54) is 6.08 Å². The van der Waals surface area contributed by atoms with E-state index in [4.69, 9.17) is 14.2 Å². The fourth-order valence-corrected chi connectivity index (χ4v) is 7.60. The summed E-state index contributed by atoms with van der Waals surface area (Å²) in [5, 5.41) is 37.2. The zero-order valence-electron chi connectivity index (χ0n) is 36.5. The van der Waals surface area contributed by atoms with E-state index >= 15 is 0 Å². The monoisotopic (exact) mass is 825 g/mol. The molecule has 4 N–H and O–H groups in total. The van der Waals surface area contributed by atoms with Crippen molar-refractivity contribution in [2.75, 3.05) is 7.11 Å². The van der Waals surface area contributed by atoms with Crippen LogP contribution in [0.3, 0.4) is 0 Å². The lowest BCUT2D eigenvalue weighted by atomic mass is 9.81. The first-order valence-corrected chi connectivity index (χ1v) is 21.0. The molecule has 0 fully saturated rings. The Morgan fingerprint density at radius 3 is 2.18 bits per heavy atom. The number of carbonyl (C=O) groups is 3. The van der Waals surface area contributed by atoms with Crippen LogP contribution in [0.2, 0.25) is 0 Å². The van der Waals surface area contributed by atoms with Crippen LogP contribution >= 0.6 is 0 Å². The molecule has 0 saturated carbocycles. The molecule has 10 nitrogen and oxygen atoms in total. The van der Waals surface area contributed by atoms with Crippen molar-refractivity contribution in [3.05, 3.63) is 145 Å². The summed E-state index contributed by atoms with van der Waals surface area (Å²) in [4.78, 5) is 40.4. The van der Waals surface area contributed by atoms with Crippen molar-refractivity contribution < 1.29 is 43.9 Å². The molecular weight excluding hydrogens is 759 g/mol. The number of nitrogens with one attached hydrogen (secondary N) is 1. The van der Waals surface area contributed by atoms with Crippen LogP contribution in [-0.4, -0.2) is 76.9 Å². The molecule has 0 spiro atoms. The molecule has 0 aliphatic carbocycles. The predicted molar refractivity (Wildman–Crippen MR) is 236 cm³/mol. The molecule has 60 heavy (non-hydrogen) atoms. The molecule has 1 aliphatic rings. The van der Waals surface area contributed by atoms with Crippen molar-refractivity contribution >= 4 is 17.8 Å². The largest absolute Gasteiger partial charge is 0.460 e. The summed E-state index contributed by atoms with van der Waals surface area (Å²) < 4.78 is 17.9. The second kappa shape index (κ2) is 25.0. The molecule has 3 rings (SSSR count). The van der Waals surface area contributed by atoms with Gasteiger partial charge in [0.25, 0.3) is 5.91 Å². The van der Waals surface area contributed by atoms with Gasteiger partial charge < -0.3 is 34.8 Å². The summed E-state index contributed by atoms with van der Waals surface area (Å²) in [5.74, 6) is -3.74. The van der Waals surface area contributed by atoms with Gasteiger partial charge in [-0.15, -0.1) is 0 Å². The molecule has 0 bridgehead atoms. The Kier molecular flexibility index (Phi) is 20.6. The van der Waals surface area contributed by atoms with E-state index in [0.717, 1.165) is 5.57 Å². The standard InChI is InChI=1S/C50H67NO9/c1-10-11-20-35(5)48-38(8)46(54)37(7)30-32(2)29-36(6)45(53)34(4)27-28-41(58-9)31-42(33(3)21-18-19-26-43(52)60-48)59-50(57)47(55)44(39-22-14-12-15-23-39)51-49(56)40-24-16-13-17-25-40/h10-29,33-38,41-42,44-48,53-55H,1,30-31H2,2-9H3,(H,51,56)/b20-11-,21-18+,26-19-,28-27-,32-29-/t33-,34+,35+,36+,37+,38+,41-,42+,44+,45+,46-,47-,48+/m1/s1. The van der Waals surface area contributed by atoms with Crippen LogP contribution < -0.4 is 5.32 Å². The number of rotatable bonds is 10. The lowest BCUT2D eigenvalue weighted by molar-refractivity contribution is -0.164. The minimum absolute atomic E-state index is 0.157. The Labute approximate surface area is 357 Å². The maximum Gasteiger partial charge on any atom is 0.337 e. The molecule has 0 radical (unpaired) electrons. The normalized spacial score (nSPS) is 31.6. The summed E-state index contributed by atoms with van der Waals surface area (Å²) in [6.45, 7) is 17.2. The van der Waals surface area contributed by atoms with Crippen molar-refractivity contribution in [1.29, 1.82) is 0 Å². The van der Waals surface area contributed by atoms with E-state index in [0.29, 0.717) is 17.5 Å². The molecule has 1 amide bonds. The minimum Gasteiger partial charge on any atom is -0.460 e. The van der Waals surface area contributed by atoms with E-state index in [2.05, 4.69) is 11.9 Å². The van der Waals surface area contributed by atoms with Gasteiger partial charge in [0.15, 0.2) is 6.10 Å². The van der Waals surface area contributed by atoms with Crippen molar-refractivity contribution in [3.8, 4) is 0 Å². The molecular formula is C50H67NO9. The van der Waals surface area contributed by atoms with Gasteiger partial charge in [-0.3, -0.25) is 4.79 Å². The van der Waals surface area contributed by atoms with E-state index in [1.807, 2.05) is 72.8 Å². The van der Waals surface area contributed by atoms with Crippen molar-refractivity contribution in [3.63, 3.8) is 0 Å². The Hall–Kier alpha value is -4.87. The fraction of sp³-hybridized carbons (Fsp3) is 0.460. The molecule has 2 aromatic rings. The molecule has 2 aromatic carbocycles. The number of amides is 1. The highest BCUT2D eigenvalue weighted by Crippen LogP contribution is 2.30. The SMILES string of the molecule is C=C/C=C\[C@H](C)[C@@H]1OC(=O)/C=C\C=C\[C@@H](C)[C@@H](OC(=O)[C@H](O)[C@@H](NC(=O)c2ccccc2)c2ccccc2)C[C@H](OC)/C=C\[C@H](C)[C@H](O)[C@@H](C)/C=C(/C)C[C@H](C)[C@@H](O)[C@@H]1C. The molecule has 326 valence electrons. The van der Waals surface area contributed by atoms with Gasteiger partial charge in [-0.2, -0.15) is 0 Å². The molecule has 13 atom stereocenters.